The summed E-state index contributed by atoms with van der Waals surface area (Å²) in [7, 11) is -2.37. The first kappa shape index (κ1) is 16.3. The number of methoxy groups -OCH3 is 1. The lowest BCUT2D eigenvalue weighted by molar-refractivity contribution is 0.0697. The molecule has 0 amide bonds. The van der Waals surface area contributed by atoms with Gasteiger partial charge in [-0.2, -0.15) is 12.7 Å². The average molecular weight is 302 g/mol. The van der Waals surface area contributed by atoms with Crippen LogP contribution in [-0.4, -0.2) is 44.0 Å². The number of carboxylic acids is 1. The molecule has 0 fully saturated rings. The van der Waals surface area contributed by atoms with Crippen molar-refractivity contribution in [3.8, 4) is 5.75 Å². The van der Waals surface area contributed by atoms with E-state index in [1.165, 1.54) is 29.6 Å². The smallest absolute Gasteiger partial charge is 0.337 e. The molecule has 0 saturated carbocycles. The molecule has 7 nitrogen and oxygen atoms in total. The minimum atomic E-state index is -3.77. The van der Waals surface area contributed by atoms with Crippen LogP contribution in [0.2, 0.25) is 0 Å². The molecule has 1 aromatic carbocycles. The van der Waals surface area contributed by atoms with E-state index in [0.717, 1.165) is 0 Å². The van der Waals surface area contributed by atoms with Crippen LogP contribution in [0.4, 0.5) is 5.69 Å². The molecular formula is C12H18N2O5S. The number of hydrogen-bond donors (Lipinski definition) is 2. The third kappa shape index (κ3) is 3.61. The van der Waals surface area contributed by atoms with Crippen LogP contribution in [-0.2, 0) is 10.2 Å². The van der Waals surface area contributed by atoms with Gasteiger partial charge >= 0.3 is 16.2 Å². The molecule has 0 radical (unpaired) electrons. The fourth-order valence-corrected chi connectivity index (χ4v) is 2.95. The highest BCUT2D eigenvalue weighted by atomic mass is 32.2. The molecule has 1 rings (SSSR count). The summed E-state index contributed by atoms with van der Waals surface area (Å²) in [5.41, 5.74) is -0.162. The number of nitrogens with one attached hydrogen (secondary N) is 1. The lowest BCUT2D eigenvalue weighted by Gasteiger charge is -2.20. The van der Waals surface area contributed by atoms with Crippen LogP contribution in [0, 0.1) is 0 Å². The van der Waals surface area contributed by atoms with Crippen molar-refractivity contribution in [2.45, 2.75) is 13.8 Å². The van der Waals surface area contributed by atoms with Crippen LogP contribution in [0.25, 0.3) is 0 Å². The standard InChI is InChI=1S/C12H18N2O5S/c1-4-14(5-2)20(17,18)13-11-7-6-9(19-3)8-10(11)12(15)16/h6-8,13H,4-5H2,1-3H3,(H,15,16). The maximum Gasteiger partial charge on any atom is 0.337 e. The van der Waals surface area contributed by atoms with E-state index in [1.807, 2.05) is 0 Å². The van der Waals surface area contributed by atoms with E-state index in [0.29, 0.717) is 18.8 Å². The van der Waals surface area contributed by atoms with E-state index in [1.54, 1.807) is 13.8 Å². The van der Waals surface area contributed by atoms with Crippen LogP contribution < -0.4 is 9.46 Å². The van der Waals surface area contributed by atoms with E-state index >= 15 is 0 Å². The van der Waals surface area contributed by atoms with Crippen molar-refractivity contribution in [3.05, 3.63) is 23.8 Å². The fourth-order valence-electron chi connectivity index (χ4n) is 1.68. The van der Waals surface area contributed by atoms with Gasteiger partial charge in [-0.1, -0.05) is 13.8 Å². The second-order valence-electron chi connectivity index (χ2n) is 3.91. The van der Waals surface area contributed by atoms with E-state index in [9.17, 15) is 13.2 Å². The number of aromatic carboxylic acids is 1. The summed E-state index contributed by atoms with van der Waals surface area (Å²) < 4.78 is 32.6. The van der Waals surface area contributed by atoms with Gasteiger partial charge in [-0.25, -0.2) is 4.79 Å². The third-order valence-electron chi connectivity index (χ3n) is 2.74. The maximum atomic E-state index is 12.1. The van der Waals surface area contributed by atoms with E-state index < -0.39 is 16.2 Å². The Morgan fingerprint density at radius 3 is 2.40 bits per heavy atom. The summed E-state index contributed by atoms with van der Waals surface area (Å²) in [5, 5.41) is 9.13. The van der Waals surface area contributed by atoms with E-state index in [2.05, 4.69) is 4.72 Å². The summed E-state index contributed by atoms with van der Waals surface area (Å²) in [4.78, 5) is 11.2. The van der Waals surface area contributed by atoms with Gasteiger partial charge in [-0.3, -0.25) is 4.72 Å². The Balaban J connectivity index is 3.18. The lowest BCUT2D eigenvalue weighted by Crippen LogP contribution is -2.35. The Hall–Kier alpha value is -1.80. The van der Waals surface area contributed by atoms with Gasteiger partial charge in [0.15, 0.2) is 0 Å². The first-order chi connectivity index (χ1) is 9.35. The van der Waals surface area contributed by atoms with E-state index in [-0.39, 0.29) is 11.3 Å². The van der Waals surface area contributed by atoms with Crippen LogP contribution in [0.5, 0.6) is 5.75 Å². The van der Waals surface area contributed by atoms with Crippen molar-refractivity contribution < 1.29 is 23.1 Å². The highest BCUT2D eigenvalue weighted by Crippen LogP contribution is 2.23. The number of carboxylic acid groups (broad SMARTS) is 1. The minimum Gasteiger partial charge on any atom is -0.497 e. The number of anilines is 1. The second-order valence-corrected chi connectivity index (χ2v) is 5.58. The van der Waals surface area contributed by atoms with Gasteiger partial charge in [0, 0.05) is 13.1 Å². The molecule has 2 N–H and O–H groups in total. The number of nitrogens with zero attached hydrogens (tertiary/aromatic N) is 1. The molecule has 0 bridgehead atoms. The number of benzene rings is 1. The van der Waals surface area contributed by atoms with Gasteiger partial charge in [0.1, 0.15) is 5.75 Å². The van der Waals surface area contributed by atoms with Crippen molar-refractivity contribution >= 4 is 21.9 Å². The van der Waals surface area contributed by atoms with Gasteiger partial charge in [0.25, 0.3) is 0 Å². The lowest BCUT2D eigenvalue weighted by atomic mass is 10.2. The second kappa shape index (κ2) is 6.58. The Labute approximate surface area is 118 Å². The molecule has 20 heavy (non-hydrogen) atoms. The van der Waals surface area contributed by atoms with Gasteiger partial charge < -0.3 is 9.84 Å². The summed E-state index contributed by atoms with van der Waals surface area (Å²) in [6, 6.07) is 4.12. The van der Waals surface area contributed by atoms with Crippen LogP contribution in [0.1, 0.15) is 24.2 Å². The van der Waals surface area contributed by atoms with Crippen molar-refractivity contribution in [2.75, 3.05) is 24.9 Å². The fraction of sp³-hybridized carbons (Fsp3) is 0.417. The molecule has 0 atom stereocenters. The Bertz CT molecular complexity index is 582. The number of ether oxygens (including phenoxy) is 1. The molecule has 1 aromatic rings. The summed E-state index contributed by atoms with van der Waals surface area (Å²) in [6.45, 7) is 4.00. The number of rotatable bonds is 7. The molecule has 0 saturated heterocycles. The predicted molar refractivity (Wildman–Crippen MR) is 75.4 cm³/mol. The molecule has 0 aliphatic rings. The monoisotopic (exact) mass is 302 g/mol. The minimum absolute atomic E-state index is 0.00481. The zero-order valence-electron chi connectivity index (χ0n) is 11.6. The third-order valence-corrected chi connectivity index (χ3v) is 4.42. The average Bonchev–Trinajstić information content (AvgIpc) is 2.39. The van der Waals surface area contributed by atoms with Crippen LogP contribution >= 0.6 is 0 Å². The SMILES string of the molecule is CCN(CC)S(=O)(=O)Nc1ccc(OC)cc1C(=O)O. The van der Waals surface area contributed by atoms with Gasteiger partial charge in [0.05, 0.1) is 18.4 Å². The quantitative estimate of drug-likeness (QED) is 0.793. The normalized spacial score (nSPS) is 11.4. The Morgan fingerprint density at radius 1 is 1.35 bits per heavy atom. The topological polar surface area (TPSA) is 95.9 Å². The zero-order valence-corrected chi connectivity index (χ0v) is 12.4. The van der Waals surface area contributed by atoms with Gasteiger partial charge in [0.2, 0.25) is 0 Å². The largest absolute Gasteiger partial charge is 0.497 e. The van der Waals surface area contributed by atoms with Crippen molar-refractivity contribution in [1.29, 1.82) is 0 Å². The molecule has 8 heteroatoms. The zero-order chi connectivity index (χ0) is 15.3. The number of carbonyl (C=O) groups is 1. The van der Waals surface area contributed by atoms with Crippen LogP contribution in [0.3, 0.4) is 0 Å². The summed E-state index contributed by atoms with van der Waals surface area (Å²) in [5.74, 6) is -0.894. The highest BCUT2D eigenvalue weighted by Gasteiger charge is 2.21. The molecule has 0 aliphatic carbocycles. The number of hydrogen-bond acceptors (Lipinski definition) is 4. The van der Waals surface area contributed by atoms with Crippen molar-refractivity contribution in [1.82, 2.24) is 4.31 Å². The molecule has 0 heterocycles. The predicted octanol–water partition coefficient (Wildman–Crippen LogP) is 1.39. The molecule has 0 unspecified atom stereocenters. The van der Waals surface area contributed by atoms with E-state index in [4.69, 9.17) is 9.84 Å². The van der Waals surface area contributed by atoms with Crippen molar-refractivity contribution in [2.24, 2.45) is 0 Å². The maximum absolute atomic E-state index is 12.1. The Morgan fingerprint density at radius 2 is 1.95 bits per heavy atom. The van der Waals surface area contributed by atoms with Crippen molar-refractivity contribution in [3.63, 3.8) is 0 Å². The van der Waals surface area contributed by atoms with Crippen LogP contribution in [0.15, 0.2) is 18.2 Å². The van der Waals surface area contributed by atoms with Gasteiger partial charge in [-0.05, 0) is 18.2 Å². The molecule has 112 valence electrons. The summed E-state index contributed by atoms with van der Waals surface area (Å²) in [6.07, 6.45) is 0. The first-order valence-electron chi connectivity index (χ1n) is 6.04. The van der Waals surface area contributed by atoms with Gasteiger partial charge in [-0.15, -0.1) is 0 Å². The first-order valence-corrected chi connectivity index (χ1v) is 7.48. The highest BCUT2D eigenvalue weighted by molar-refractivity contribution is 7.90. The summed E-state index contributed by atoms with van der Waals surface area (Å²) >= 11 is 0. The Kier molecular flexibility index (Phi) is 5.34. The molecule has 0 aliphatic heterocycles. The molecule has 0 spiro atoms. The molecular weight excluding hydrogens is 284 g/mol. The molecule has 0 aromatic heterocycles.